The normalized spacial score (nSPS) is 17.4. The Hall–Kier alpha value is -0.693. The Kier molecular flexibility index (Phi) is 4.61. The van der Waals surface area contributed by atoms with Crippen molar-refractivity contribution in [1.29, 1.82) is 0 Å². The van der Waals surface area contributed by atoms with E-state index < -0.39 is 18.3 Å². The molecule has 0 unspecified atom stereocenters. The maximum atomic E-state index is 12.8. The topological polar surface area (TPSA) is 49.4 Å². The summed E-state index contributed by atoms with van der Waals surface area (Å²) in [5.74, 6) is 0. The quantitative estimate of drug-likeness (QED) is 0.861. The molecule has 1 N–H and O–H groups in total. The van der Waals surface area contributed by atoms with Gasteiger partial charge in [0.2, 0.25) is 10.0 Å². The Balaban J connectivity index is 2.33. The van der Waals surface area contributed by atoms with Crippen molar-refractivity contribution in [1.82, 2.24) is 9.29 Å². The molecule has 1 aromatic rings. The number of rotatable bonds is 3. The zero-order valence-corrected chi connectivity index (χ0v) is 16.3. The summed E-state index contributed by atoms with van der Waals surface area (Å²) in [6.07, 6.45) is 0.988. The van der Waals surface area contributed by atoms with E-state index in [0.717, 1.165) is 25.1 Å². The number of nitrogens with one attached hydrogen (secondary N) is 1. The molecule has 1 aromatic carbocycles. The molecule has 0 aromatic heterocycles. The van der Waals surface area contributed by atoms with Crippen LogP contribution < -0.4 is 4.39 Å². The highest BCUT2D eigenvalue weighted by molar-refractivity contribution is 7.91. The number of nitrogens with zero attached hydrogens (tertiary/aromatic N) is 1. The molecular formula is C16H28N2O2SSi. The van der Waals surface area contributed by atoms with Crippen molar-refractivity contribution in [3.63, 3.8) is 0 Å². The predicted molar refractivity (Wildman–Crippen MR) is 94.0 cm³/mol. The van der Waals surface area contributed by atoms with Crippen LogP contribution in [0.5, 0.6) is 0 Å². The molecule has 1 aliphatic heterocycles. The van der Waals surface area contributed by atoms with Gasteiger partial charge in [0, 0.05) is 13.1 Å². The Labute approximate surface area is 136 Å². The average molecular weight is 341 g/mol. The summed E-state index contributed by atoms with van der Waals surface area (Å²) in [6.45, 7) is 12.3. The molecule has 1 heterocycles. The second-order valence-corrected chi connectivity index (χ2v) is 14.9. The summed E-state index contributed by atoms with van der Waals surface area (Å²) in [6, 6.07) is 5.57. The molecular weight excluding hydrogens is 312 g/mol. The van der Waals surface area contributed by atoms with Crippen LogP contribution in [0.25, 0.3) is 0 Å². The number of fused-ring (bicyclic) bond motifs is 1. The van der Waals surface area contributed by atoms with Crippen LogP contribution in [-0.4, -0.2) is 35.1 Å². The fraction of sp³-hybridized carbons (Fsp3) is 0.625. The molecule has 0 spiro atoms. The molecule has 0 atom stereocenters. The summed E-state index contributed by atoms with van der Waals surface area (Å²) in [7, 11) is -3.51. The van der Waals surface area contributed by atoms with Gasteiger partial charge in [0.25, 0.3) is 0 Å². The van der Waals surface area contributed by atoms with Crippen LogP contribution in [0.1, 0.15) is 31.9 Å². The van der Waals surface area contributed by atoms with E-state index in [1.54, 1.807) is 6.07 Å². The lowest BCUT2D eigenvalue weighted by molar-refractivity contribution is 0.312. The third-order valence-corrected chi connectivity index (χ3v) is 12.7. The first kappa shape index (κ1) is 17.7. The highest BCUT2D eigenvalue weighted by Crippen LogP contribution is 2.35. The van der Waals surface area contributed by atoms with Crippen LogP contribution in [0.4, 0.5) is 0 Å². The lowest BCUT2D eigenvalue weighted by Crippen LogP contribution is -2.54. The molecule has 2 rings (SSSR count). The third-order valence-electron chi connectivity index (χ3n) is 4.96. The van der Waals surface area contributed by atoms with Gasteiger partial charge in [-0.25, -0.2) is 12.8 Å². The van der Waals surface area contributed by atoms with Gasteiger partial charge in [0.1, 0.15) is 8.24 Å². The van der Waals surface area contributed by atoms with Crippen molar-refractivity contribution in [2.75, 3.05) is 13.6 Å². The van der Waals surface area contributed by atoms with Crippen LogP contribution >= 0.6 is 0 Å². The summed E-state index contributed by atoms with van der Waals surface area (Å²) in [5, 5.41) is -0.0332. The van der Waals surface area contributed by atoms with Gasteiger partial charge < -0.3 is 4.90 Å². The van der Waals surface area contributed by atoms with E-state index in [0.29, 0.717) is 4.90 Å². The van der Waals surface area contributed by atoms with E-state index in [1.807, 2.05) is 12.1 Å². The van der Waals surface area contributed by atoms with Crippen LogP contribution in [0, 0.1) is 0 Å². The Morgan fingerprint density at radius 3 is 2.41 bits per heavy atom. The lowest BCUT2D eigenvalue weighted by Gasteiger charge is -2.36. The Morgan fingerprint density at radius 2 is 1.82 bits per heavy atom. The molecule has 0 amide bonds. The Morgan fingerprint density at radius 1 is 1.18 bits per heavy atom. The maximum Gasteiger partial charge on any atom is 0.234 e. The molecule has 6 heteroatoms. The number of likely N-dealkylation sites (N-methyl/N-ethyl adjacent to an activating group) is 1. The van der Waals surface area contributed by atoms with E-state index in [4.69, 9.17) is 0 Å². The fourth-order valence-corrected chi connectivity index (χ4v) is 7.32. The van der Waals surface area contributed by atoms with Crippen molar-refractivity contribution in [3.8, 4) is 0 Å². The van der Waals surface area contributed by atoms with Gasteiger partial charge in [-0.3, -0.25) is 0 Å². The smallest absolute Gasteiger partial charge is 0.234 e. The summed E-state index contributed by atoms with van der Waals surface area (Å²) in [4.78, 5) is 2.62. The number of hydrogen-bond donors (Lipinski definition) is 1. The molecule has 0 saturated carbocycles. The highest BCUT2D eigenvalue weighted by Gasteiger charge is 2.39. The summed E-state index contributed by atoms with van der Waals surface area (Å²) < 4.78 is 28.5. The van der Waals surface area contributed by atoms with Gasteiger partial charge >= 0.3 is 0 Å². The van der Waals surface area contributed by atoms with Crippen molar-refractivity contribution in [3.05, 3.63) is 29.3 Å². The third kappa shape index (κ3) is 3.62. The maximum absolute atomic E-state index is 12.8. The summed E-state index contributed by atoms with van der Waals surface area (Å²) in [5.41, 5.74) is 2.40. The number of benzene rings is 1. The summed E-state index contributed by atoms with van der Waals surface area (Å²) >= 11 is 0. The second-order valence-electron chi connectivity index (χ2n) is 7.90. The van der Waals surface area contributed by atoms with Crippen LogP contribution in [0.2, 0.25) is 18.1 Å². The minimum Gasteiger partial charge on any atom is -0.302 e. The van der Waals surface area contributed by atoms with Gasteiger partial charge in [-0.05, 0) is 41.8 Å². The van der Waals surface area contributed by atoms with E-state index >= 15 is 0 Å². The van der Waals surface area contributed by atoms with Gasteiger partial charge in [0.15, 0.2) is 0 Å². The van der Waals surface area contributed by atoms with Crippen molar-refractivity contribution in [2.45, 2.75) is 56.8 Å². The first-order chi connectivity index (χ1) is 9.92. The van der Waals surface area contributed by atoms with E-state index in [1.165, 1.54) is 5.56 Å². The predicted octanol–water partition coefficient (Wildman–Crippen LogP) is 2.96. The molecule has 0 bridgehead atoms. The first-order valence-electron chi connectivity index (χ1n) is 7.77. The van der Waals surface area contributed by atoms with E-state index in [2.05, 4.69) is 50.2 Å². The molecule has 0 saturated heterocycles. The molecule has 22 heavy (non-hydrogen) atoms. The second kappa shape index (κ2) is 5.74. The number of hydrogen-bond acceptors (Lipinski definition) is 3. The lowest BCUT2D eigenvalue weighted by atomic mass is 10.0. The zero-order valence-electron chi connectivity index (χ0n) is 14.5. The van der Waals surface area contributed by atoms with Gasteiger partial charge in [-0.2, -0.15) is 0 Å². The SMILES string of the molecule is CN1CCc2ccc(S(=O)(=O)N[Si](C)(C)C(C)(C)C)cc2C1. The fourth-order valence-electron chi connectivity index (χ4n) is 2.39. The monoisotopic (exact) mass is 340 g/mol. The van der Waals surface area contributed by atoms with Gasteiger partial charge in [-0.1, -0.05) is 39.9 Å². The molecule has 1 aliphatic rings. The largest absolute Gasteiger partial charge is 0.302 e. The van der Waals surface area contributed by atoms with Crippen molar-refractivity contribution in [2.24, 2.45) is 0 Å². The minimum absolute atomic E-state index is 0.0332. The van der Waals surface area contributed by atoms with E-state index in [-0.39, 0.29) is 5.04 Å². The minimum atomic E-state index is -3.46. The molecule has 0 aliphatic carbocycles. The standard InChI is InChI=1S/C16H28N2O2SSi/c1-16(2,3)22(5,6)17-21(19,20)15-8-7-13-9-10-18(4)12-14(13)11-15/h7-8,11,17H,9-10,12H2,1-6H3. The number of sulfonamides is 1. The molecule has 0 fully saturated rings. The highest BCUT2D eigenvalue weighted by atomic mass is 32.2. The van der Waals surface area contributed by atoms with Crippen molar-refractivity contribution < 1.29 is 8.42 Å². The Bertz CT molecular complexity index is 663. The zero-order chi connectivity index (χ0) is 16.8. The average Bonchev–Trinajstić information content (AvgIpc) is 2.35. The van der Waals surface area contributed by atoms with Crippen molar-refractivity contribution >= 4 is 18.3 Å². The van der Waals surface area contributed by atoms with Crippen LogP contribution in [0.3, 0.4) is 0 Å². The van der Waals surface area contributed by atoms with E-state index in [9.17, 15) is 8.42 Å². The van der Waals surface area contributed by atoms with Crippen LogP contribution in [0.15, 0.2) is 23.1 Å². The van der Waals surface area contributed by atoms with Crippen LogP contribution in [-0.2, 0) is 23.0 Å². The first-order valence-corrected chi connectivity index (χ1v) is 12.2. The van der Waals surface area contributed by atoms with Gasteiger partial charge in [-0.15, -0.1) is 0 Å². The molecule has 124 valence electrons. The molecule has 4 nitrogen and oxygen atoms in total. The van der Waals surface area contributed by atoms with Gasteiger partial charge in [0.05, 0.1) is 4.90 Å². The molecule has 0 radical (unpaired) electrons.